The van der Waals surface area contributed by atoms with Crippen molar-refractivity contribution in [3.05, 3.63) is 30.3 Å². The second-order valence-electron chi connectivity index (χ2n) is 6.30. The van der Waals surface area contributed by atoms with Crippen LogP contribution in [-0.4, -0.2) is 17.5 Å². The number of benzene rings is 1. The van der Waals surface area contributed by atoms with Crippen molar-refractivity contribution in [2.75, 3.05) is 23.7 Å². The van der Waals surface area contributed by atoms with Crippen LogP contribution in [0.1, 0.15) is 26.7 Å². The molecule has 2 N–H and O–H groups in total. The molecular formula is C16H21N3S. The van der Waals surface area contributed by atoms with Crippen LogP contribution in [0.15, 0.2) is 30.3 Å². The lowest BCUT2D eigenvalue weighted by atomic mass is 9.84. The Hall–Kier alpha value is -1.55. The molecule has 0 amide bonds. The molecular weight excluding hydrogens is 266 g/mol. The molecule has 2 heterocycles. The Labute approximate surface area is 124 Å². The summed E-state index contributed by atoms with van der Waals surface area (Å²) in [5.41, 5.74) is 8.76. The number of nitrogens with zero attached hydrogens (tertiary/aromatic N) is 2. The summed E-state index contributed by atoms with van der Waals surface area (Å²) in [4.78, 5) is 2.46. The van der Waals surface area contributed by atoms with Gasteiger partial charge in [-0.3, -0.25) is 0 Å². The molecule has 1 fully saturated rings. The van der Waals surface area contributed by atoms with Gasteiger partial charge in [0, 0.05) is 13.1 Å². The highest BCUT2D eigenvalue weighted by molar-refractivity contribution is 7.11. The van der Waals surface area contributed by atoms with Gasteiger partial charge in [-0.15, -0.1) is 0 Å². The molecule has 1 aliphatic heterocycles. The molecule has 1 aromatic carbocycles. The second-order valence-corrected chi connectivity index (χ2v) is 7.06. The largest absolute Gasteiger partial charge is 0.382 e. The van der Waals surface area contributed by atoms with Gasteiger partial charge in [0.1, 0.15) is 10.8 Å². The van der Waals surface area contributed by atoms with E-state index in [0.29, 0.717) is 11.2 Å². The quantitative estimate of drug-likeness (QED) is 0.907. The van der Waals surface area contributed by atoms with Crippen molar-refractivity contribution in [2.45, 2.75) is 26.7 Å². The van der Waals surface area contributed by atoms with Crippen LogP contribution < -0.4 is 10.6 Å². The van der Waals surface area contributed by atoms with Crippen LogP contribution in [-0.2, 0) is 0 Å². The summed E-state index contributed by atoms with van der Waals surface area (Å²) in [7, 11) is 0. The van der Waals surface area contributed by atoms with Crippen LogP contribution in [0.5, 0.6) is 0 Å². The predicted octanol–water partition coefficient (Wildman–Crippen LogP) is 4.02. The van der Waals surface area contributed by atoms with E-state index in [2.05, 4.69) is 47.4 Å². The Morgan fingerprint density at radius 2 is 2.00 bits per heavy atom. The third-order valence-electron chi connectivity index (χ3n) is 3.95. The van der Waals surface area contributed by atoms with E-state index < -0.39 is 0 Å². The van der Waals surface area contributed by atoms with Gasteiger partial charge in [0.25, 0.3) is 0 Å². The standard InChI is InChI=1S/C16H21N3S/c1-16(2)9-6-10-19(11-16)15-13(14(17)18-20-15)12-7-4-3-5-8-12/h3-5,7-8H,6,9-11H2,1-2H3,(H2,17,18). The zero-order valence-corrected chi connectivity index (χ0v) is 12.9. The first-order chi connectivity index (χ1) is 9.57. The van der Waals surface area contributed by atoms with Gasteiger partial charge in [0.15, 0.2) is 0 Å². The van der Waals surface area contributed by atoms with E-state index in [1.54, 1.807) is 0 Å². The van der Waals surface area contributed by atoms with E-state index >= 15 is 0 Å². The van der Waals surface area contributed by atoms with Gasteiger partial charge >= 0.3 is 0 Å². The number of nitrogen functional groups attached to an aromatic ring is 1. The highest BCUT2D eigenvalue weighted by atomic mass is 32.1. The minimum atomic E-state index is 0.366. The zero-order valence-electron chi connectivity index (χ0n) is 12.1. The number of hydrogen-bond acceptors (Lipinski definition) is 4. The summed E-state index contributed by atoms with van der Waals surface area (Å²) in [6, 6.07) is 10.4. The SMILES string of the molecule is CC1(C)CCCN(c2snc(N)c2-c2ccccc2)C1. The maximum atomic E-state index is 6.12. The molecule has 0 unspecified atom stereocenters. The van der Waals surface area contributed by atoms with Crippen molar-refractivity contribution in [1.29, 1.82) is 0 Å². The Balaban J connectivity index is 1.99. The molecule has 3 nitrogen and oxygen atoms in total. The maximum absolute atomic E-state index is 6.12. The third kappa shape index (κ3) is 2.52. The molecule has 2 aromatic rings. The number of rotatable bonds is 2. The fourth-order valence-electron chi connectivity index (χ4n) is 2.98. The molecule has 0 aliphatic carbocycles. The number of anilines is 2. The number of hydrogen-bond donors (Lipinski definition) is 1. The van der Waals surface area contributed by atoms with Crippen LogP contribution in [0.2, 0.25) is 0 Å². The van der Waals surface area contributed by atoms with Crippen molar-refractivity contribution in [3.63, 3.8) is 0 Å². The van der Waals surface area contributed by atoms with Crippen molar-refractivity contribution in [2.24, 2.45) is 5.41 Å². The van der Waals surface area contributed by atoms with Gasteiger partial charge < -0.3 is 10.6 Å². The van der Waals surface area contributed by atoms with Gasteiger partial charge in [-0.05, 0) is 35.4 Å². The van der Waals surface area contributed by atoms with Crippen LogP contribution in [0, 0.1) is 5.41 Å². The number of piperidine rings is 1. The van der Waals surface area contributed by atoms with Gasteiger partial charge in [0.2, 0.25) is 0 Å². The topological polar surface area (TPSA) is 42.2 Å². The number of nitrogens with two attached hydrogens (primary N) is 1. The normalized spacial score (nSPS) is 18.2. The summed E-state index contributed by atoms with van der Waals surface area (Å²) in [5, 5.41) is 1.22. The Bertz CT molecular complexity index is 589. The highest BCUT2D eigenvalue weighted by Crippen LogP contribution is 2.42. The van der Waals surface area contributed by atoms with E-state index in [4.69, 9.17) is 5.73 Å². The molecule has 106 valence electrons. The number of aromatic nitrogens is 1. The molecule has 1 saturated heterocycles. The fourth-order valence-corrected chi connectivity index (χ4v) is 3.84. The fraction of sp³-hybridized carbons (Fsp3) is 0.438. The lowest BCUT2D eigenvalue weighted by Crippen LogP contribution is -2.39. The Morgan fingerprint density at radius 3 is 2.70 bits per heavy atom. The van der Waals surface area contributed by atoms with E-state index in [9.17, 15) is 0 Å². The first kappa shape index (κ1) is 13.4. The second kappa shape index (κ2) is 5.09. The molecule has 0 bridgehead atoms. The smallest absolute Gasteiger partial charge is 0.147 e. The van der Waals surface area contributed by atoms with Gasteiger partial charge in [0.05, 0.1) is 5.56 Å². The van der Waals surface area contributed by atoms with Gasteiger partial charge in [-0.1, -0.05) is 44.2 Å². The van der Waals surface area contributed by atoms with Crippen LogP contribution in [0.4, 0.5) is 10.8 Å². The van der Waals surface area contributed by atoms with Crippen molar-refractivity contribution < 1.29 is 0 Å². The zero-order chi connectivity index (χ0) is 14.2. The third-order valence-corrected chi connectivity index (χ3v) is 4.87. The first-order valence-electron chi connectivity index (χ1n) is 7.12. The molecule has 4 heteroatoms. The van der Waals surface area contributed by atoms with E-state index in [0.717, 1.165) is 24.2 Å². The molecule has 20 heavy (non-hydrogen) atoms. The minimum absolute atomic E-state index is 0.366. The summed E-state index contributed by atoms with van der Waals surface area (Å²) < 4.78 is 4.39. The summed E-state index contributed by atoms with van der Waals surface area (Å²) in [6.45, 7) is 6.86. The molecule has 0 radical (unpaired) electrons. The van der Waals surface area contributed by atoms with Crippen molar-refractivity contribution in [3.8, 4) is 11.1 Å². The average molecular weight is 287 g/mol. The van der Waals surface area contributed by atoms with Crippen molar-refractivity contribution in [1.82, 2.24) is 4.37 Å². The van der Waals surface area contributed by atoms with Crippen LogP contribution in [0.25, 0.3) is 11.1 Å². The monoisotopic (exact) mass is 287 g/mol. The lowest BCUT2D eigenvalue weighted by Gasteiger charge is -2.38. The van der Waals surface area contributed by atoms with Crippen LogP contribution >= 0.6 is 11.5 Å². The van der Waals surface area contributed by atoms with Crippen molar-refractivity contribution >= 4 is 22.4 Å². The minimum Gasteiger partial charge on any atom is -0.382 e. The molecule has 0 saturated carbocycles. The summed E-state index contributed by atoms with van der Waals surface area (Å²) in [5.74, 6) is 0.652. The molecule has 0 atom stereocenters. The van der Waals surface area contributed by atoms with E-state index in [-0.39, 0.29) is 0 Å². The Kier molecular flexibility index (Phi) is 3.42. The molecule has 0 spiro atoms. The van der Waals surface area contributed by atoms with E-state index in [1.807, 2.05) is 6.07 Å². The molecule has 1 aliphatic rings. The lowest BCUT2D eigenvalue weighted by molar-refractivity contribution is 0.294. The average Bonchev–Trinajstić information content (AvgIpc) is 2.80. The molecule has 3 rings (SSSR count). The summed E-state index contributed by atoms with van der Waals surface area (Å²) >= 11 is 1.53. The maximum Gasteiger partial charge on any atom is 0.147 e. The summed E-state index contributed by atoms with van der Waals surface area (Å²) in [6.07, 6.45) is 2.53. The van der Waals surface area contributed by atoms with Gasteiger partial charge in [-0.2, -0.15) is 4.37 Å². The van der Waals surface area contributed by atoms with Crippen LogP contribution in [0.3, 0.4) is 0 Å². The first-order valence-corrected chi connectivity index (χ1v) is 7.90. The Morgan fingerprint density at radius 1 is 1.25 bits per heavy atom. The predicted molar refractivity (Wildman–Crippen MR) is 87.2 cm³/mol. The van der Waals surface area contributed by atoms with Gasteiger partial charge in [-0.25, -0.2) is 0 Å². The molecule has 1 aromatic heterocycles. The highest BCUT2D eigenvalue weighted by Gasteiger charge is 2.29. The van der Waals surface area contributed by atoms with E-state index in [1.165, 1.54) is 29.4 Å².